The van der Waals surface area contributed by atoms with E-state index in [-0.39, 0.29) is 24.8 Å². The number of hydrogen-bond donors (Lipinski definition) is 0. The second-order valence-corrected chi connectivity index (χ2v) is 7.69. The van der Waals surface area contributed by atoms with E-state index in [0.717, 1.165) is 0 Å². The number of halogens is 6. The normalized spacial score (nSPS) is 12.3. The van der Waals surface area contributed by atoms with Gasteiger partial charge in [0.15, 0.2) is 5.52 Å². The summed E-state index contributed by atoms with van der Waals surface area (Å²) in [4.78, 5) is 12.4. The molecule has 10 heteroatoms. The van der Waals surface area contributed by atoms with E-state index in [1.54, 1.807) is 0 Å². The number of benzene rings is 2. The molecule has 29 heavy (non-hydrogen) atoms. The molecule has 2 rings (SSSR count). The van der Waals surface area contributed by atoms with Crippen molar-refractivity contribution in [2.75, 3.05) is 6.61 Å². The Bertz CT molecular complexity index is 800. The Labute approximate surface area is 178 Å². The first kappa shape index (κ1) is 25.6. The van der Waals surface area contributed by atoms with Crippen molar-refractivity contribution in [3.63, 3.8) is 0 Å². The first-order valence-corrected chi connectivity index (χ1v) is 9.21. The molecule has 0 aromatic heterocycles. The maximum atomic E-state index is 13.2. The summed E-state index contributed by atoms with van der Waals surface area (Å²) in [7, 11) is -0.894. The second kappa shape index (κ2) is 10.0. The van der Waals surface area contributed by atoms with E-state index in [1.807, 2.05) is 13.8 Å². The molecule has 0 radical (unpaired) electrons. The minimum Gasteiger partial charge on any atom is -0.493 e. The van der Waals surface area contributed by atoms with Crippen LogP contribution in [0.25, 0.3) is 0 Å². The van der Waals surface area contributed by atoms with E-state index < -0.39 is 43.1 Å². The molecule has 0 heterocycles. The molecule has 2 nitrogen and oxygen atoms in total. The zero-order valence-corrected chi connectivity index (χ0v) is 16.9. The maximum Gasteiger partial charge on any atom is 1.00 e. The van der Waals surface area contributed by atoms with Gasteiger partial charge in [-0.1, -0.05) is 32.0 Å². The van der Waals surface area contributed by atoms with E-state index in [2.05, 4.69) is 0 Å². The number of ether oxygens (including phenoxy) is 1. The SMILES string of the molecule is CC(C)COc1ccc(PC(=O)c2c(C(F)(F)F)cccc2C(F)(F)F)cc1.[Li+]. The maximum absolute atomic E-state index is 13.2. The summed E-state index contributed by atoms with van der Waals surface area (Å²) in [6.45, 7) is 4.35. The van der Waals surface area contributed by atoms with Gasteiger partial charge in [0.05, 0.1) is 17.7 Å². The molecular weight excluding hydrogens is 412 g/mol. The zero-order valence-electron chi connectivity index (χ0n) is 15.9. The van der Waals surface area contributed by atoms with Crippen molar-refractivity contribution in [2.45, 2.75) is 26.2 Å². The molecule has 2 aromatic rings. The van der Waals surface area contributed by atoms with Crippen molar-refractivity contribution in [2.24, 2.45) is 5.92 Å². The summed E-state index contributed by atoms with van der Waals surface area (Å²) in [5.41, 5.74) is -5.74. The van der Waals surface area contributed by atoms with Gasteiger partial charge >= 0.3 is 31.2 Å². The first-order valence-electron chi connectivity index (χ1n) is 8.21. The van der Waals surface area contributed by atoms with Crippen molar-refractivity contribution in [1.29, 1.82) is 0 Å². The molecule has 0 saturated carbocycles. The average Bonchev–Trinajstić information content (AvgIpc) is 2.59. The molecule has 0 saturated heterocycles. The summed E-state index contributed by atoms with van der Waals surface area (Å²) in [5.74, 6) is 0.782. The van der Waals surface area contributed by atoms with E-state index in [4.69, 9.17) is 4.74 Å². The first-order chi connectivity index (χ1) is 12.9. The topological polar surface area (TPSA) is 26.3 Å². The van der Waals surface area contributed by atoms with E-state index in [9.17, 15) is 31.1 Å². The van der Waals surface area contributed by atoms with Gasteiger partial charge in [0.25, 0.3) is 0 Å². The minimum absolute atomic E-state index is 0. The largest absolute Gasteiger partial charge is 1.00 e. The predicted molar refractivity (Wildman–Crippen MR) is 95.5 cm³/mol. The zero-order chi connectivity index (χ0) is 21.1. The van der Waals surface area contributed by atoms with E-state index in [0.29, 0.717) is 35.9 Å². The average molecular weight is 429 g/mol. The second-order valence-electron chi connectivity index (χ2n) is 6.41. The Balaban J connectivity index is 0.00000420. The Morgan fingerprint density at radius 1 is 0.931 bits per heavy atom. The van der Waals surface area contributed by atoms with Crippen molar-refractivity contribution >= 4 is 19.4 Å². The monoisotopic (exact) mass is 429 g/mol. The molecule has 152 valence electrons. The molecular formula is C19H17F6LiO2P+. The van der Waals surface area contributed by atoms with Crippen LogP contribution in [0.2, 0.25) is 0 Å². The van der Waals surface area contributed by atoms with Gasteiger partial charge in [-0.25, -0.2) is 0 Å². The van der Waals surface area contributed by atoms with Gasteiger partial charge in [0.1, 0.15) is 5.75 Å². The molecule has 0 aliphatic rings. The number of carbonyl (C=O) groups excluding carboxylic acids is 1. The molecule has 0 fully saturated rings. The molecule has 0 aliphatic carbocycles. The van der Waals surface area contributed by atoms with Crippen molar-refractivity contribution < 1.29 is 54.7 Å². The number of rotatable bonds is 6. The van der Waals surface area contributed by atoms with Gasteiger partial charge in [0.2, 0.25) is 0 Å². The molecule has 0 bridgehead atoms. The van der Waals surface area contributed by atoms with Crippen molar-refractivity contribution in [3.05, 3.63) is 59.2 Å². The van der Waals surface area contributed by atoms with Gasteiger partial charge in [-0.3, -0.25) is 4.79 Å². The summed E-state index contributed by atoms with van der Waals surface area (Å²) in [6.07, 6.45) is -10.2. The summed E-state index contributed by atoms with van der Waals surface area (Å²) < 4.78 is 84.6. The Hall–Kier alpha value is -1.48. The number of hydrogen-bond acceptors (Lipinski definition) is 2. The molecule has 0 N–H and O–H groups in total. The van der Waals surface area contributed by atoms with Crippen LogP contribution in [0.3, 0.4) is 0 Å². The fraction of sp³-hybridized carbons (Fsp3) is 0.316. The predicted octanol–water partition coefficient (Wildman–Crippen LogP) is 2.91. The Morgan fingerprint density at radius 3 is 1.83 bits per heavy atom. The molecule has 1 atom stereocenters. The van der Waals surface area contributed by atoms with Gasteiger partial charge in [-0.15, -0.1) is 0 Å². The number of alkyl halides is 6. The third-order valence-corrected chi connectivity index (χ3v) is 4.70. The fourth-order valence-electron chi connectivity index (χ4n) is 2.36. The van der Waals surface area contributed by atoms with Crippen LogP contribution in [0, 0.1) is 5.92 Å². The molecule has 2 aromatic carbocycles. The van der Waals surface area contributed by atoms with E-state index in [1.165, 1.54) is 24.3 Å². The minimum atomic E-state index is -5.08. The summed E-state index contributed by atoms with van der Waals surface area (Å²) in [5, 5.41) is 0.312. The third-order valence-electron chi connectivity index (χ3n) is 3.60. The van der Waals surface area contributed by atoms with Crippen LogP contribution in [0.4, 0.5) is 26.3 Å². The fourth-order valence-corrected chi connectivity index (χ4v) is 3.35. The smallest absolute Gasteiger partial charge is 0.493 e. The van der Waals surface area contributed by atoms with Crippen molar-refractivity contribution in [3.8, 4) is 5.75 Å². The van der Waals surface area contributed by atoms with Crippen LogP contribution in [0.1, 0.15) is 35.3 Å². The summed E-state index contributed by atoms with van der Waals surface area (Å²) in [6, 6.07) is 7.57. The van der Waals surface area contributed by atoms with Crippen molar-refractivity contribution in [1.82, 2.24) is 0 Å². The molecule has 0 amide bonds. The van der Waals surface area contributed by atoms with Gasteiger partial charge < -0.3 is 4.74 Å². The molecule has 0 aliphatic heterocycles. The van der Waals surface area contributed by atoms with Crippen LogP contribution in [-0.4, -0.2) is 12.1 Å². The summed E-state index contributed by atoms with van der Waals surface area (Å²) >= 11 is 0. The quantitative estimate of drug-likeness (QED) is 0.401. The van der Waals surface area contributed by atoms with Crippen LogP contribution in [0.5, 0.6) is 5.75 Å². The van der Waals surface area contributed by atoms with Crippen LogP contribution in [-0.2, 0) is 12.4 Å². The standard InChI is InChI=1S/C19H17F6O2P.Li/c1-11(2)10-27-12-6-8-13(9-7-12)28-17(26)16-14(18(20,21)22)4-3-5-15(16)19(23,24)25;/h3-9,11,28H,10H2,1-2H3;/q;+1. The van der Waals surface area contributed by atoms with Gasteiger partial charge in [-0.05, 0) is 44.1 Å². The van der Waals surface area contributed by atoms with E-state index >= 15 is 0 Å². The third kappa shape index (κ3) is 7.06. The Kier molecular flexibility index (Phi) is 8.83. The number of carbonyl (C=O) groups is 1. The van der Waals surface area contributed by atoms with Crippen LogP contribution < -0.4 is 28.9 Å². The Morgan fingerprint density at radius 2 is 1.41 bits per heavy atom. The van der Waals surface area contributed by atoms with Crippen LogP contribution in [0.15, 0.2) is 42.5 Å². The van der Waals surface area contributed by atoms with Crippen LogP contribution >= 0.6 is 8.58 Å². The molecule has 1 unspecified atom stereocenters. The van der Waals surface area contributed by atoms with Gasteiger partial charge in [-0.2, -0.15) is 26.3 Å². The molecule has 0 spiro atoms. The van der Waals surface area contributed by atoms with Gasteiger partial charge in [0, 0.05) is 5.56 Å².